The third kappa shape index (κ3) is 4.95. The number of alkyl halides is 3. The Morgan fingerprint density at radius 2 is 1.75 bits per heavy atom. The summed E-state index contributed by atoms with van der Waals surface area (Å²) in [6.07, 6.45) is -3.97. The van der Waals surface area contributed by atoms with E-state index >= 15 is 0 Å². The third-order valence-electron chi connectivity index (χ3n) is 3.99. The van der Waals surface area contributed by atoms with Crippen molar-refractivity contribution >= 4 is 11.9 Å². The van der Waals surface area contributed by atoms with Gasteiger partial charge in [0.1, 0.15) is 0 Å². The van der Waals surface area contributed by atoms with Crippen molar-refractivity contribution in [2.45, 2.75) is 37.4 Å². The lowest BCUT2D eigenvalue weighted by Crippen LogP contribution is -2.53. The second kappa shape index (κ2) is 7.21. The van der Waals surface area contributed by atoms with Gasteiger partial charge in [0.05, 0.1) is 23.9 Å². The van der Waals surface area contributed by atoms with E-state index in [1.54, 1.807) is 0 Å². The number of nitrogens with one attached hydrogen (secondary N) is 1. The average molecular weight is 345 g/mol. The van der Waals surface area contributed by atoms with Crippen molar-refractivity contribution in [1.82, 2.24) is 5.32 Å². The molecule has 1 heterocycles. The van der Waals surface area contributed by atoms with E-state index in [-0.39, 0.29) is 12.8 Å². The number of carbonyl (C=O) groups excluding carboxylic acids is 1. The molecule has 1 aromatic carbocycles. The van der Waals surface area contributed by atoms with E-state index in [9.17, 15) is 22.8 Å². The molecule has 0 radical (unpaired) electrons. The van der Waals surface area contributed by atoms with Gasteiger partial charge in [0.15, 0.2) is 0 Å². The zero-order valence-corrected chi connectivity index (χ0v) is 12.9. The van der Waals surface area contributed by atoms with Crippen LogP contribution in [-0.4, -0.2) is 35.7 Å². The molecule has 0 aliphatic carbocycles. The lowest BCUT2D eigenvalue weighted by Gasteiger charge is -2.36. The molecule has 0 atom stereocenters. The lowest BCUT2D eigenvalue weighted by atomic mass is 9.86. The number of halogens is 3. The fourth-order valence-electron chi connectivity index (χ4n) is 2.73. The van der Waals surface area contributed by atoms with Crippen molar-refractivity contribution in [3.8, 4) is 0 Å². The van der Waals surface area contributed by atoms with Crippen molar-refractivity contribution in [1.29, 1.82) is 0 Å². The van der Waals surface area contributed by atoms with Gasteiger partial charge in [0, 0.05) is 13.2 Å². The summed E-state index contributed by atoms with van der Waals surface area (Å²) in [6.45, 7) is 0.710. The Balaban J connectivity index is 2.01. The number of aliphatic carboxylic acids is 1. The van der Waals surface area contributed by atoms with Crippen molar-refractivity contribution in [2.75, 3.05) is 13.2 Å². The highest BCUT2D eigenvalue weighted by Gasteiger charge is 2.36. The summed E-state index contributed by atoms with van der Waals surface area (Å²) in [5.41, 5.74) is -1.22. The summed E-state index contributed by atoms with van der Waals surface area (Å²) in [4.78, 5) is 23.2. The minimum absolute atomic E-state index is 0.111. The summed E-state index contributed by atoms with van der Waals surface area (Å²) < 4.78 is 42.7. The molecule has 8 heteroatoms. The molecule has 2 N–H and O–H groups in total. The van der Waals surface area contributed by atoms with Gasteiger partial charge in [-0.15, -0.1) is 0 Å². The standard InChI is InChI=1S/C16H18F3NO4/c17-16(18,19)12-3-1-11(2-4-12)9-13(21)20-15(10-14(22)23)5-7-24-8-6-15/h1-4H,5-10H2,(H,20,21)(H,22,23). The number of benzene rings is 1. The van der Waals surface area contributed by atoms with Gasteiger partial charge in [-0.05, 0) is 30.5 Å². The highest BCUT2D eigenvalue weighted by Crippen LogP contribution is 2.29. The molecular formula is C16H18F3NO4. The monoisotopic (exact) mass is 345 g/mol. The molecule has 24 heavy (non-hydrogen) atoms. The first-order valence-electron chi connectivity index (χ1n) is 7.47. The third-order valence-corrected chi connectivity index (χ3v) is 3.99. The molecule has 5 nitrogen and oxygen atoms in total. The molecule has 1 amide bonds. The van der Waals surface area contributed by atoms with Gasteiger partial charge >= 0.3 is 12.1 Å². The van der Waals surface area contributed by atoms with Gasteiger partial charge < -0.3 is 15.2 Å². The van der Waals surface area contributed by atoms with Crippen LogP contribution in [-0.2, 0) is 26.9 Å². The maximum Gasteiger partial charge on any atom is 0.416 e. The average Bonchev–Trinajstić information content (AvgIpc) is 2.46. The van der Waals surface area contributed by atoms with Crippen LogP contribution < -0.4 is 5.32 Å². The number of hydrogen-bond donors (Lipinski definition) is 2. The fraction of sp³-hybridized carbons (Fsp3) is 0.500. The van der Waals surface area contributed by atoms with Crippen molar-refractivity contribution in [2.24, 2.45) is 0 Å². The molecule has 1 fully saturated rings. The Hall–Kier alpha value is -2.09. The molecule has 1 aliphatic rings. The van der Waals surface area contributed by atoms with E-state index < -0.39 is 29.2 Å². The SMILES string of the molecule is O=C(O)CC1(NC(=O)Cc2ccc(C(F)(F)F)cc2)CCOCC1. The zero-order valence-electron chi connectivity index (χ0n) is 12.9. The Morgan fingerprint density at radius 1 is 1.17 bits per heavy atom. The van der Waals surface area contributed by atoms with E-state index in [1.807, 2.05) is 0 Å². The van der Waals surface area contributed by atoms with E-state index in [1.165, 1.54) is 12.1 Å². The van der Waals surface area contributed by atoms with Gasteiger partial charge in [0.2, 0.25) is 5.91 Å². The van der Waals surface area contributed by atoms with E-state index in [0.717, 1.165) is 12.1 Å². The van der Waals surface area contributed by atoms with Crippen LogP contribution in [0, 0.1) is 0 Å². The summed E-state index contributed by atoms with van der Waals surface area (Å²) in [5.74, 6) is -1.44. The first kappa shape index (κ1) is 18.3. The van der Waals surface area contributed by atoms with Gasteiger partial charge in [-0.1, -0.05) is 12.1 Å². The summed E-state index contributed by atoms with van der Waals surface area (Å²) in [7, 11) is 0. The second-order valence-electron chi connectivity index (χ2n) is 5.88. The van der Waals surface area contributed by atoms with Gasteiger partial charge in [-0.2, -0.15) is 13.2 Å². The zero-order chi connectivity index (χ0) is 17.8. The predicted octanol–water partition coefficient (Wildman–Crippen LogP) is 2.39. The van der Waals surface area contributed by atoms with Crippen LogP contribution in [0.2, 0.25) is 0 Å². The molecule has 1 saturated heterocycles. The first-order chi connectivity index (χ1) is 11.2. The molecule has 0 saturated carbocycles. The predicted molar refractivity (Wildman–Crippen MR) is 78.3 cm³/mol. The molecule has 0 bridgehead atoms. The second-order valence-corrected chi connectivity index (χ2v) is 5.88. The van der Waals surface area contributed by atoms with Crippen LogP contribution in [0.15, 0.2) is 24.3 Å². The number of rotatable bonds is 5. The molecule has 0 unspecified atom stereocenters. The minimum atomic E-state index is -4.42. The van der Waals surface area contributed by atoms with Crippen LogP contribution in [0.3, 0.4) is 0 Å². The molecule has 1 aliphatic heterocycles. The van der Waals surface area contributed by atoms with Gasteiger partial charge in [0.25, 0.3) is 0 Å². The maximum atomic E-state index is 12.5. The maximum absolute atomic E-state index is 12.5. The quantitative estimate of drug-likeness (QED) is 0.859. The van der Waals surface area contributed by atoms with Crippen LogP contribution in [0.4, 0.5) is 13.2 Å². The Morgan fingerprint density at radius 3 is 2.25 bits per heavy atom. The number of ether oxygens (including phenoxy) is 1. The largest absolute Gasteiger partial charge is 0.481 e. The Labute approximate surface area is 136 Å². The molecule has 1 aromatic rings. The normalized spacial score (nSPS) is 17.3. The Bertz CT molecular complexity index is 592. The van der Waals surface area contributed by atoms with Crippen molar-refractivity contribution in [3.63, 3.8) is 0 Å². The molecule has 0 spiro atoms. The number of amides is 1. The number of carboxylic acids is 1. The highest BCUT2D eigenvalue weighted by molar-refractivity contribution is 5.80. The molecule has 2 rings (SSSR count). The number of carboxylic acid groups (broad SMARTS) is 1. The van der Waals surface area contributed by atoms with E-state index in [2.05, 4.69) is 5.32 Å². The van der Waals surface area contributed by atoms with Crippen molar-refractivity contribution < 1.29 is 32.6 Å². The van der Waals surface area contributed by atoms with E-state index in [4.69, 9.17) is 9.84 Å². The highest BCUT2D eigenvalue weighted by atomic mass is 19.4. The van der Waals surface area contributed by atoms with Gasteiger partial charge in [-0.25, -0.2) is 0 Å². The molecular weight excluding hydrogens is 327 g/mol. The summed E-state index contributed by atoms with van der Waals surface area (Å²) in [5, 5.41) is 11.8. The Kier molecular flexibility index (Phi) is 5.48. The van der Waals surface area contributed by atoms with E-state index in [0.29, 0.717) is 31.6 Å². The van der Waals surface area contributed by atoms with Crippen LogP contribution in [0.1, 0.15) is 30.4 Å². The summed E-state index contributed by atoms with van der Waals surface area (Å²) >= 11 is 0. The molecule has 132 valence electrons. The first-order valence-corrected chi connectivity index (χ1v) is 7.47. The fourth-order valence-corrected chi connectivity index (χ4v) is 2.73. The number of hydrogen-bond acceptors (Lipinski definition) is 3. The van der Waals surface area contributed by atoms with Crippen molar-refractivity contribution in [3.05, 3.63) is 35.4 Å². The molecule has 0 aromatic heterocycles. The van der Waals surface area contributed by atoms with Crippen LogP contribution in [0.25, 0.3) is 0 Å². The van der Waals surface area contributed by atoms with Gasteiger partial charge in [-0.3, -0.25) is 9.59 Å². The lowest BCUT2D eigenvalue weighted by molar-refractivity contribution is -0.140. The summed E-state index contributed by atoms with van der Waals surface area (Å²) in [6, 6.07) is 4.33. The van der Waals surface area contributed by atoms with Crippen LogP contribution in [0.5, 0.6) is 0 Å². The minimum Gasteiger partial charge on any atom is -0.481 e. The smallest absolute Gasteiger partial charge is 0.416 e. The topological polar surface area (TPSA) is 75.6 Å². The number of carbonyl (C=O) groups is 2. The van der Waals surface area contributed by atoms with Crippen LogP contribution >= 0.6 is 0 Å².